The quantitative estimate of drug-likeness (QED) is 0.646. The average Bonchev–Trinajstić information content (AvgIpc) is 2.39. The van der Waals surface area contributed by atoms with E-state index >= 15 is 0 Å². The van der Waals surface area contributed by atoms with Crippen molar-refractivity contribution < 1.29 is 14.2 Å². The molecule has 0 radical (unpaired) electrons. The van der Waals surface area contributed by atoms with Gasteiger partial charge in [0.15, 0.2) is 0 Å². The van der Waals surface area contributed by atoms with Crippen molar-refractivity contribution in [1.82, 2.24) is 4.90 Å². The van der Waals surface area contributed by atoms with Crippen molar-refractivity contribution in [3.05, 3.63) is 29.8 Å². The van der Waals surface area contributed by atoms with Gasteiger partial charge in [-0.25, -0.2) is 0 Å². The molecule has 0 unspecified atom stereocenters. The van der Waals surface area contributed by atoms with Crippen LogP contribution < -0.4 is 5.46 Å². The van der Waals surface area contributed by atoms with Crippen LogP contribution in [0.3, 0.4) is 0 Å². The first-order chi connectivity index (χ1) is 7.81. The summed E-state index contributed by atoms with van der Waals surface area (Å²) >= 11 is 0. The summed E-state index contributed by atoms with van der Waals surface area (Å²) in [5.74, 6) is 0.000693. The van der Waals surface area contributed by atoms with Crippen LogP contribution in [0, 0.1) is 0 Å². The fourth-order valence-corrected chi connectivity index (χ4v) is 1.65. The number of carbonyl (C=O) groups excluding carboxylic acids is 1. The van der Waals surface area contributed by atoms with Crippen molar-refractivity contribution in [2.75, 3.05) is 26.3 Å². The summed E-state index contributed by atoms with van der Waals surface area (Å²) in [4.78, 5) is 13.7. The molecule has 1 fully saturated rings. The molecule has 0 saturated carbocycles. The molecule has 4 nitrogen and oxygen atoms in total. The first-order valence-electron chi connectivity index (χ1n) is 5.23. The summed E-state index contributed by atoms with van der Waals surface area (Å²) in [5, 5.41) is 0. The molecule has 1 saturated heterocycles. The summed E-state index contributed by atoms with van der Waals surface area (Å²) in [7, 11) is 0.767. The molecular formula is C11H12BNO3. The van der Waals surface area contributed by atoms with E-state index in [-0.39, 0.29) is 5.91 Å². The van der Waals surface area contributed by atoms with Gasteiger partial charge < -0.3 is 0 Å². The number of hydrogen-bond acceptors (Lipinski definition) is 3. The molecule has 0 spiro atoms. The van der Waals surface area contributed by atoms with Gasteiger partial charge in [0.1, 0.15) is 0 Å². The van der Waals surface area contributed by atoms with Gasteiger partial charge in [0.2, 0.25) is 0 Å². The number of carbonyl (C=O) groups is 1. The molecule has 1 aliphatic heterocycles. The molecule has 16 heavy (non-hydrogen) atoms. The second-order valence-electron chi connectivity index (χ2n) is 3.64. The number of benzene rings is 1. The third kappa shape index (κ3) is 2.36. The number of amides is 1. The van der Waals surface area contributed by atoms with Gasteiger partial charge in [-0.2, -0.15) is 0 Å². The standard InChI is InChI=1S/C11H12BNO3/c14-11(13-5-7-16-8-6-13)9-1-3-10(12-15)4-2-9/h1-4H,5-8H2. The van der Waals surface area contributed by atoms with Crippen LogP contribution in [-0.2, 0) is 9.44 Å². The Hall–Kier alpha value is -1.49. The Morgan fingerprint density at radius 3 is 2.38 bits per heavy atom. The Morgan fingerprint density at radius 2 is 1.81 bits per heavy atom. The van der Waals surface area contributed by atoms with Gasteiger partial charge in [-0.05, 0) is 0 Å². The molecule has 1 aliphatic rings. The Balaban J connectivity index is 2.10. The predicted molar refractivity (Wildman–Crippen MR) is 59.2 cm³/mol. The van der Waals surface area contributed by atoms with Crippen LogP contribution in [0.25, 0.3) is 0 Å². The maximum absolute atomic E-state index is 12.0. The van der Waals surface area contributed by atoms with Crippen LogP contribution >= 0.6 is 0 Å². The van der Waals surface area contributed by atoms with Crippen molar-refractivity contribution in [3.63, 3.8) is 0 Å². The first-order valence-corrected chi connectivity index (χ1v) is 5.23. The molecule has 1 amide bonds. The molecule has 5 heteroatoms. The summed E-state index contributed by atoms with van der Waals surface area (Å²) in [6, 6.07) is 6.67. The monoisotopic (exact) mass is 217 g/mol. The third-order valence-corrected chi connectivity index (χ3v) is 2.59. The van der Waals surface area contributed by atoms with Gasteiger partial charge in [0, 0.05) is 0 Å². The van der Waals surface area contributed by atoms with Crippen molar-refractivity contribution in [3.8, 4) is 0 Å². The topological polar surface area (TPSA) is 46.6 Å². The molecular weight excluding hydrogens is 205 g/mol. The maximum atomic E-state index is 12.0. The van der Waals surface area contributed by atoms with Crippen LogP contribution in [0.2, 0.25) is 0 Å². The zero-order chi connectivity index (χ0) is 11.4. The van der Waals surface area contributed by atoms with E-state index in [1.54, 1.807) is 29.2 Å². The van der Waals surface area contributed by atoms with E-state index in [1.807, 2.05) is 0 Å². The van der Waals surface area contributed by atoms with E-state index in [2.05, 4.69) is 0 Å². The van der Waals surface area contributed by atoms with Crippen LogP contribution in [0.1, 0.15) is 10.4 Å². The second kappa shape index (κ2) is 5.03. The van der Waals surface area contributed by atoms with Crippen molar-refractivity contribution in [2.24, 2.45) is 0 Å². The van der Waals surface area contributed by atoms with Crippen LogP contribution in [0.15, 0.2) is 24.3 Å². The first kappa shape index (κ1) is 11.0. The fourth-order valence-electron chi connectivity index (χ4n) is 1.65. The van der Waals surface area contributed by atoms with E-state index in [0.717, 1.165) is 7.15 Å². The number of hydrogen-bond donors (Lipinski definition) is 0. The van der Waals surface area contributed by atoms with Gasteiger partial charge in [-0.3, -0.25) is 0 Å². The minimum absolute atomic E-state index is 0.000693. The Bertz CT molecular complexity index is 385. The fraction of sp³-hybridized carbons (Fsp3) is 0.364. The molecule has 1 aromatic rings. The SMILES string of the molecule is O=Bc1ccc(C(=O)N2CCOCC2)cc1. The molecule has 0 atom stereocenters. The van der Waals surface area contributed by atoms with Gasteiger partial charge >= 0.3 is 93.8 Å². The van der Waals surface area contributed by atoms with Gasteiger partial charge in [-0.15, -0.1) is 0 Å². The Kier molecular flexibility index (Phi) is 3.46. The van der Waals surface area contributed by atoms with Crippen LogP contribution in [0.5, 0.6) is 0 Å². The van der Waals surface area contributed by atoms with Gasteiger partial charge in [-0.1, -0.05) is 0 Å². The molecule has 0 bridgehead atoms. The predicted octanol–water partition coefficient (Wildman–Crippen LogP) is -0.166. The van der Waals surface area contributed by atoms with Crippen LogP contribution in [0.4, 0.5) is 0 Å². The summed E-state index contributed by atoms with van der Waals surface area (Å²) in [6.07, 6.45) is 0. The molecule has 0 aliphatic carbocycles. The van der Waals surface area contributed by atoms with E-state index < -0.39 is 0 Å². The number of ether oxygens (including phenoxy) is 1. The van der Waals surface area contributed by atoms with Gasteiger partial charge in [0.25, 0.3) is 0 Å². The molecule has 1 aromatic carbocycles. The summed E-state index contributed by atoms with van der Waals surface area (Å²) in [5.41, 5.74) is 1.20. The summed E-state index contributed by atoms with van der Waals surface area (Å²) < 4.78 is 15.7. The molecule has 0 N–H and O–H groups in total. The van der Waals surface area contributed by atoms with E-state index in [1.165, 1.54) is 0 Å². The zero-order valence-corrected chi connectivity index (χ0v) is 8.89. The number of morpholine rings is 1. The second-order valence-corrected chi connectivity index (χ2v) is 3.64. The van der Waals surface area contributed by atoms with Crippen LogP contribution in [-0.4, -0.2) is 44.3 Å². The van der Waals surface area contributed by atoms with Gasteiger partial charge in [0.05, 0.1) is 0 Å². The average molecular weight is 217 g/mol. The molecule has 2 rings (SSSR count). The van der Waals surface area contributed by atoms with Crippen molar-refractivity contribution in [1.29, 1.82) is 0 Å². The van der Waals surface area contributed by atoms with E-state index in [4.69, 9.17) is 4.74 Å². The molecule has 82 valence electrons. The number of rotatable bonds is 2. The Labute approximate surface area is 94.4 Å². The van der Waals surface area contributed by atoms with Crippen molar-refractivity contribution >= 4 is 18.5 Å². The normalized spacial score (nSPS) is 15.6. The molecule has 1 heterocycles. The van der Waals surface area contributed by atoms with Crippen molar-refractivity contribution in [2.45, 2.75) is 0 Å². The number of nitrogens with zero attached hydrogens (tertiary/aromatic N) is 1. The summed E-state index contributed by atoms with van der Waals surface area (Å²) in [6.45, 7) is 2.46. The molecule has 0 aromatic heterocycles. The Morgan fingerprint density at radius 1 is 1.19 bits per heavy atom. The van der Waals surface area contributed by atoms with E-state index in [0.29, 0.717) is 37.3 Å². The minimum atomic E-state index is 0.000693. The third-order valence-electron chi connectivity index (χ3n) is 2.59. The zero-order valence-electron chi connectivity index (χ0n) is 8.89. The van der Waals surface area contributed by atoms with E-state index in [9.17, 15) is 9.50 Å².